The Kier molecular flexibility index (Phi) is 2.64. The summed E-state index contributed by atoms with van der Waals surface area (Å²) in [6, 6.07) is 8.42. The standard InChI is InChI=1S/C13H11N3O3/c1-15-9(6-7-14-15)8-19-16-12(17)10-4-2-3-5-11(10)13(16)18/h2-7H,8H2,1H3. The largest absolute Gasteiger partial charge is 0.285 e. The van der Waals surface area contributed by atoms with Crippen molar-refractivity contribution in [3.8, 4) is 0 Å². The first kappa shape index (κ1) is 11.6. The molecule has 96 valence electrons. The fourth-order valence-corrected chi connectivity index (χ4v) is 1.96. The number of fused-ring (bicyclic) bond motifs is 1. The summed E-state index contributed by atoms with van der Waals surface area (Å²) in [6.45, 7) is 0.113. The number of hydrogen-bond acceptors (Lipinski definition) is 4. The second-order valence-corrected chi connectivity index (χ2v) is 4.17. The summed E-state index contributed by atoms with van der Waals surface area (Å²) in [5.74, 6) is -0.856. The molecule has 2 heterocycles. The van der Waals surface area contributed by atoms with Gasteiger partial charge in [-0.05, 0) is 18.2 Å². The molecule has 0 unspecified atom stereocenters. The van der Waals surface area contributed by atoms with Gasteiger partial charge in [-0.25, -0.2) is 0 Å². The first-order chi connectivity index (χ1) is 9.18. The summed E-state index contributed by atoms with van der Waals surface area (Å²) in [7, 11) is 1.76. The van der Waals surface area contributed by atoms with Gasteiger partial charge in [0.1, 0.15) is 6.61 Å². The van der Waals surface area contributed by atoms with E-state index in [1.165, 1.54) is 0 Å². The Labute approximate surface area is 109 Å². The van der Waals surface area contributed by atoms with Crippen molar-refractivity contribution < 1.29 is 14.4 Å². The maximum atomic E-state index is 12.0. The third-order valence-corrected chi connectivity index (χ3v) is 3.02. The predicted octanol–water partition coefficient (Wildman–Crippen LogP) is 1.15. The normalized spacial score (nSPS) is 14.1. The molecule has 1 aromatic heterocycles. The van der Waals surface area contributed by atoms with Crippen LogP contribution >= 0.6 is 0 Å². The van der Waals surface area contributed by atoms with Crippen LogP contribution in [0.25, 0.3) is 0 Å². The lowest BCUT2D eigenvalue weighted by molar-refractivity contribution is -0.102. The minimum absolute atomic E-state index is 0.113. The van der Waals surface area contributed by atoms with Crippen LogP contribution in [0.5, 0.6) is 0 Å². The van der Waals surface area contributed by atoms with Crippen LogP contribution in [0.3, 0.4) is 0 Å². The van der Waals surface area contributed by atoms with Gasteiger partial charge >= 0.3 is 0 Å². The molecule has 0 aliphatic carbocycles. The Morgan fingerprint density at radius 2 is 1.74 bits per heavy atom. The molecule has 3 rings (SSSR count). The molecule has 19 heavy (non-hydrogen) atoms. The molecule has 0 fully saturated rings. The first-order valence-corrected chi connectivity index (χ1v) is 5.76. The highest BCUT2D eigenvalue weighted by molar-refractivity contribution is 6.20. The second-order valence-electron chi connectivity index (χ2n) is 4.17. The van der Waals surface area contributed by atoms with E-state index >= 15 is 0 Å². The number of aromatic nitrogens is 2. The molecule has 0 saturated heterocycles. The molecule has 0 bridgehead atoms. The summed E-state index contributed by atoms with van der Waals surface area (Å²) >= 11 is 0. The number of carbonyl (C=O) groups excluding carboxylic acids is 2. The Morgan fingerprint density at radius 1 is 1.11 bits per heavy atom. The number of amides is 2. The summed E-state index contributed by atoms with van der Waals surface area (Å²) in [5.41, 5.74) is 1.52. The smallest absolute Gasteiger partial charge is 0.270 e. The second kappa shape index (κ2) is 4.33. The Morgan fingerprint density at radius 3 is 2.26 bits per heavy atom. The molecule has 0 spiro atoms. The van der Waals surface area contributed by atoms with Gasteiger partial charge in [0.15, 0.2) is 0 Å². The van der Waals surface area contributed by atoms with Gasteiger partial charge in [-0.15, -0.1) is 5.06 Å². The molecular formula is C13H11N3O3. The molecule has 0 radical (unpaired) electrons. The van der Waals surface area contributed by atoms with E-state index in [4.69, 9.17) is 4.84 Å². The first-order valence-electron chi connectivity index (χ1n) is 5.76. The van der Waals surface area contributed by atoms with Gasteiger partial charge in [-0.2, -0.15) is 5.10 Å². The van der Waals surface area contributed by atoms with E-state index in [0.29, 0.717) is 11.1 Å². The van der Waals surface area contributed by atoms with E-state index < -0.39 is 11.8 Å². The minimum Gasteiger partial charge on any atom is -0.270 e. The zero-order chi connectivity index (χ0) is 13.4. The number of aryl methyl sites for hydroxylation is 1. The number of rotatable bonds is 3. The molecule has 1 aliphatic heterocycles. The van der Waals surface area contributed by atoms with Crippen LogP contribution in [-0.4, -0.2) is 26.7 Å². The topological polar surface area (TPSA) is 64.4 Å². The van der Waals surface area contributed by atoms with E-state index in [1.54, 1.807) is 48.3 Å². The van der Waals surface area contributed by atoms with Crippen molar-refractivity contribution in [1.29, 1.82) is 0 Å². The van der Waals surface area contributed by atoms with Crippen LogP contribution in [0.1, 0.15) is 26.4 Å². The maximum absolute atomic E-state index is 12.0. The zero-order valence-electron chi connectivity index (χ0n) is 10.2. The van der Waals surface area contributed by atoms with E-state index in [9.17, 15) is 9.59 Å². The molecule has 6 heteroatoms. The number of hydroxylamine groups is 2. The summed E-state index contributed by atoms with van der Waals surface area (Å²) in [4.78, 5) is 29.3. The molecule has 0 N–H and O–H groups in total. The fourth-order valence-electron chi connectivity index (χ4n) is 1.96. The number of imide groups is 1. The summed E-state index contributed by atoms with van der Waals surface area (Å²) < 4.78 is 1.62. The molecule has 2 amide bonds. The lowest BCUT2D eigenvalue weighted by Crippen LogP contribution is -2.30. The van der Waals surface area contributed by atoms with Gasteiger partial charge in [-0.1, -0.05) is 12.1 Å². The quantitative estimate of drug-likeness (QED) is 0.774. The summed E-state index contributed by atoms with van der Waals surface area (Å²) in [5, 5.41) is 4.79. The molecular weight excluding hydrogens is 246 g/mol. The zero-order valence-corrected chi connectivity index (χ0v) is 10.2. The lowest BCUT2D eigenvalue weighted by atomic mass is 10.1. The highest BCUT2D eigenvalue weighted by Gasteiger charge is 2.36. The van der Waals surface area contributed by atoms with Crippen molar-refractivity contribution in [2.45, 2.75) is 6.61 Å². The van der Waals surface area contributed by atoms with Gasteiger partial charge in [-0.3, -0.25) is 19.1 Å². The van der Waals surface area contributed by atoms with Crippen LogP contribution in [0.2, 0.25) is 0 Å². The van der Waals surface area contributed by atoms with Crippen molar-refractivity contribution in [3.05, 3.63) is 53.3 Å². The van der Waals surface area contributed by atoms with Crippen LogP contribution < -0.4 is 0 Å². The van der Waals surface area contributed by atoms with Gasteiger partial charge in [0.25, 0.3) is 11.8 Å². The van der Waals surface area contributed by atoms with Crippen molar-refractivity contribution in [2.75, 3.05) is 0 Å². The van der Waals surface area contributed by atoms with E-state index in [1.807, 2.05) is 0 Å². The SMILES string of the molecule is Cn1nccc1CON1C(=O)c2ccccc2C1=O. The van der Waals surface area contributed by atoms with E-state index in [-0.39, 0.29) is 6.61 Å². The number of hydrogen-bond donors (Lipinski definition) is 0. The third-order valence-electron chi connectivity index (χ3n) is 3.02. The number of carbonyl (C=O) groups is 2. The molecule has 0 atom stereocenters. The average molecular weight is 257 g/mol. The number of benzene rings is 1. The van der Waals surface area contributed by atoms with E-state index in [0.717, 1.165) is 10.8 Å². The van der Waals surface area contributed by atoms with Crippen molar-refractivity contribution in [1.82, 2.24) is 14.8 Å². The maximum Gasteiger partial charge on any atom is 0.285 e. The van der Waals surface area contributed by atoms with Gasteiger partial charge < -0.3 is 0 Å². The van der Waals surface area contributed by atoms with Crippen molar-refractivity contribution in [3.63, 3.8) is 0 Å². The molecule has 1 aliphatic rings. The van der Waals surface area contributed by atoms with Gasteiger partial charge in [0.05, 0.1) is 16.8 Å². The minimum atomic E-state index is -0.428. The number of nitrogens with zero attached hydrogens (tertiary/aromatic N) is 3. The van der Waals surface area contributed by atoms with Crippen LogP contribution in [0.15, 0.2) is 36.5 Å². The molecule has 1 aromatic carbocycles. The lowest BCUT2D eigenvalue weighted by Gasteiger charge is -2.13. The van der Waals surface area contributed by atoms with Crippen molar-refractivity contribution >= 4 is 11.8 Å². The molecule has 2 aromatic rings. The Bertz CT molecular complexity index is 628. The Hall–Kier alpha value is -2.47. The highest BCUT2D eigenvalue weighted by Crippen LogP contribution is 2.23. The Balaban J connectivity index is 1.79. The van der Waals surface area contributed by atoms with Gasteiger partial charge in [0, 0.05) is 13.2 Å². The highest BCUT2D eigenvalue weighted by atomic mass is 16.7. The fraction of sp³-hybridized carbons (Fsp3) is 0.154. The van der Waals surface area contributed by atoms with Crippen molar-refractivity contribution in [2.24, 2.45) is 7.05 Å². The van der Waals surface area contributed by atoms with E-state index in [2.05, 4.69) is 5.10 Å². The van der Waals surface area contributed by atoms with Crippen LogP contribution in [0, 0.1) is 0 Å². The average Bonchev–Trinajstić information content (AvgIpc) is 2.93. The predicted molar refractivity (Wildman–Crippen MR) is 64.9 cm³/mol. The van der Waals surface area contributed by atoms with Crippen LogP contribution in [0.4, 0.5) is 0 Å². The summed E-state index contributed by atoms with van der Waals surface area (Å²) in [6.07, 6.45) is 1.63. The third kappa shape index (κ3) is 1.82. The monoisotopic (exact) mass is 257 g/mol. The molecule has 6 nitrogen and oxygen atoms in total. The van der Waals surface area contributed by atoms with Crippen LogP contribution in [-0.2, 0) is 18.5 Å². The molecule has 0 saturated carbocycles. The van der Waals surface area contributed by atoms with Gasteiger partial charge in [0.2, 0.25) is 0 Å².